The summed E-state index contributed by atoms with van der Waals surface area (Å²) in [7, 11) is 0. The molecule has 2 N–H and O–H groups in total. The largest absolute Gasteiger partial charge is 0.354 e. The normalized spacial score (nSPS) is 23.1. The van der Waals surface area contributed by atoms with Gasteiger partial charge >= 0.3 is 0 Å². The molecule has 1 aliphatic rings. The third-order valence-corrected chi connectivity index (χ3v) is 3.13. The predicted molar refractivity (Wildman–Crippen MR) is 62.9 cm³/mol. The van der Waals surface area contributed by atoms with E-state index in [0.29, 0.717) is 6.04 Å². The summed E-state index contributed by atoms with van der Waals surface area (Å²) in [4.78, 5) is 6.85. The highest BCUT2D eigenvalue weighted by Crippen LogP contribution is 2.28. The van der Waals surface area contributed by atoms with Crippen LogP contribution in [-0.4, -0.2) is 17.6 Å². The van der Waals surface area contributed by atoms with Crippen LogP contribution in [0.5, 0.6) is 0 Å². The third kappa shape index (κ3) is 1.97. The van der Waals surface area contributed by atoms with Crippen LogP contribution in [0.3, 0.4) is 0 Å². The molecule has 1 aromatic rings. The van der Waals surface area contributed by atoms with Crippen LogP contribution in [-0.2, 0) is 0 Å². The number of aromatic nitrogens is 1. The minimum atomic E-state index is 0.0569. The second-order valence-electron chi connectivity index (χ2n) is 4.39. The van der Waals surface area contributed by atoms with Gasteiger partial charge in [0, 0.05) is 30.4 Å². The zero-order valence-corrected chi connectivity index (χ0v) is 9.48. The van der Waals surface area contributed by atoms with Crippen molar-refractivity contribution < 1.29 is 0 Å². The van der Waals surface area contributed by atoms with Crippen LogP contribution in [0.1, 0.15) is 38.3 Å². The van der Waals surface area contributed by atoms with Gasteiger partial charge in [0.1, 0.15) is 5.82 Å². The van der Waals surface area contributed by atoms with Gasteiger partial charge in [0.15, 0.2) is 0 Å². The van der Waals surface area contributed by atoms with Crippen LogP contribution in [0.15, 0.2) is 18.3 Å². The average Bonchev–Trinajstić information content (AvgIpc) is 2.64. The van der Waals surface area contributed by atoms with Crippen LogP contribution in [0, 0.1) is 0 Å². The van der Waals surface area contributed by atoms with Crippen molar-refractivity contribution in [3.05, 3.63) is 23.9 Å². The molecule has 2 atom stereocenters. The molecule has 3 heteroatoms. The summed E-state index contributed by atoms with van der Waals surface area (Å²) in [6, 6.07) is 4.69. The summed E-state index contributed by atoms with van der Waals surface area (Å²) in [5.74, 6) is 1.08. The first-order valence-electron chi connectivity index (χ1n) is 5.67. The Bertz CT molecular complexity index is 335. The molecule has 0 amide bonds. The van der Waals surface area contributed by atoms with Gasteiger partial charge in [-0.3, -0.25) is 0 Å². The molecule has 1 saturated heterocycles. The summed E-state index contributed by atoms with van der Waals surface area (Å²) in [5, 5.41) is 0. The molecule has 2 unspecified atom stereocenters. The van der Waals surface area contributed by atoms with Crippen molar-refractivity contribution in [1.29, 1.82) is 0 Å². The predicted octanol–water partition coefficient (Wildman–Crippen LogP) is 2.09. The van der Waals surface area contributed by atoms with Crippen molar-refractivity contribution in [2.45, 2.75) is 38.8 Å². The van der Waals surface area contributed by atoms with Crippen LogP contribution in [0.2, 0.25) is 0 Å². The molecule has 1 aliphatic heterocycles. The number of hydrogen-bond acceptors (Lipinski definition) is 3. The van der Waals surface area contributed by atoms with E-state index in [1.165, 1.54) is 12.8 Å². The highest BCUT2D eigenvalue weighted by Gasteiger charge is 2.24. The number of anilines is 1. The van der Waals surface area contributed by atoms with E-state index in [1.807, 2.05) is 19.2 Å². The Morgan fingerprint density at radius 1 is 1.60 bits per heavy atom. The highest BCUT2D eigenvalue weighted by atomic mass is 15.2. The molecule has 1 fully saturated rings. The number of rotatable bonds is 2. The standard InChI is InChI=1S/C12H19N3/c1-9-5-4-8-15(9)12-11(10(2)13)6-3-7-14-12/h3,6-7,9-10H,4-5,8,13H2,1-2H3. The van der Waals surface area contributed by atoms with Gasteiger partial charge in [-0.25, -0.2) is 4.98 Å². The van der Waals surface area contributed by atoms with Gasteiger partial charge in [-0.05, 0) is 32.8 Å². The smallest absolute Gasteiger partial charge is 0.133 e. The van der Waals surface area contributed by atoms with Gasteiger partial charge in [0.05, 0.1) is 0 Å². The summed E-state index contributed by atoms with van der Waals surface area (Å²) in [5.41, 5.74) is 7.12. The van der Waals surface area contributed by atoms with Gasteiger partial charge in [-0.15, -0.1) is 0 Å². The lowest BCUT2D eigenvalue weighted by Crippen LogP contribution is -2.29. The number of nitrogens with zero attached hydrogens (tertiary/aromatic N) is 2. The SMILES string of the molecule is CC(N)c1cccnc1N1CCCC1C. The number of nitrogens with two attached hydrogens (primary N) is 1. The molecule has 0 aliphatic carbocycles. The minimum Gasteiger partial charge on any atom is -0.354 e. The second kappa shape index (κ2) is 4.19. The van der Waals surface area contributed by atoms with Crippen LogP contribution >= 0.6 is 0 Å². The van der Waals surface area contributed by atoms with Gasteiger partial charge < -0.3 is 10.6 Å². The Labute approximate surface area is 91.3 Å². The Morgan fingerprint density at radius 3 is 3.00 bits per heavy atom. The highest BCUT2D eigenvalue weighted by molar-refractivity contribution is 5.49. The topological polar surface area (TPSA) is 42.1 Å². The van der Waals surface area contributed by atoms with Gasteiger partial charge in [-0.2, -0.15) is 0 Å². The van der Waals surface area contributed by atoms with Crippen molar-refractivity contribution in [2.24, 2.45) is 5.73 Å². The van der Waals surface area contributed by atoms with Crippen molar-refractivity contribution in [3.63, 3.8) is 0 Å². The zero-order chi connectivity index (χ0) is 10.8. The van der Waals surface area contributed by atoms with Crippen LogP contribution in [0.25, 0.3) is 0 Å². The van der Waals surface area contributed by atoms with E-state index in [2.05, 4.69) is 22.9 Å². The summed E-state index contributed by atoms with van der Waals surface area (Å²) >= 11 is 0. The molecular weight excluding hydrogens is 186 g/mol. The molecule has 0 radical (unpaired) electrons. The third-order valence-electron chi connectivity index (χ3n) is 3.13. The Morgan fingerprint density at radius 2 is 2.40 bits per heavy atom. The van der Waals surface area contributed by atoms with E-state index in [9.17, 15) is 0 Å². The average molecular weight is 205 g/mol. The van der Waals surface area contributed by atoms with E-state index in [-0.39, 0.29) is 6.04 Å². The van der Waals surface area contributed by atoms with E-state index < -0.39 is 0 Å². The van der Waals surface area contributed by atoms with E-state index >= 15 is 0 Å². The molecule has 3 nitrogen and oxygen atoms in total. The Hall–Kier alpha value is -1.09. The lowest BCUT2D eigenvalue weighted by atomic mass is 10.1. The van der Waals surface area contributed by atoms with Crippen LogP contribution < -0.4 is 10.6 Å². The molecule has 1 aromatic heterocycles. The first-order valence-corrected chi connectivity index (χ1v) is 5.67. The Balaban J connectivity index is 2.34. The number of hydrogen-bond donors (Lipinski definition) is 1. The van der Waals surface area contributed by atoms with E-state index in [4.69, 9.17) is 5.73 Å². The minimum absolute atomic E-state index is 0.0569. The molecule has 82 valence electrons. The van der Waals surface area contributed by atoms with Crippen LogP contribution in [0.4, 0.5) is 5.82 Å². The van der Waals surface area contributed by atoms with Crippen molar-refractivity contribution >= 4 is 5.82 Å². The first-order chi connectivity index (χ1) is 7.20. The van der Waals surface area contributed by atoms with Gasteiger partial charge in [0.25, 0.3) is 0 Å². The van der Waals surface area contributed by atoms with Crippen molar-refractivity contribution in [2.75, 3.05) is 11.4 Å². The number of pyridine rings is 1. The first kappa shape index (κ1) is 10.4. The molecule has 0 spiro atoms. The molecular formula is C12H19N3. The molecule has 15 heavy (non-hydrogen) atoms. The second-order valence-corrected chi connectivity index (χ2v) is 4.39. The summed E-state index contributed by atoms with van der Waals surface area (Å²) in [6.45, 7) is 5.38. The summed E-state index contributed by atoms with van der Waals surface area (Å²) in [6.07, 6.45) is 4.37. The summed E-state index contributed by atoms with van der Waals surface area (Å²) < 4.78 is 0. The monoisotopic (exact) mass is 205 g/mol. The molecule has 2 heterocycles. The Kier molecular flexibility index (Phi) is 2.91. The quantitative estimate of drug-likeness (QED) is 0.804. The fourth-order valence-electron chi connectivity index (χ4n) is 2.25. The zero-order valence-electron chi connectivity index (χ0n) is 9.48. The van der Waals surface area contributed by atoms with Gasteiger partial charge in [-0.1, -0.05) is 6.07 Å². The van der Waals surface area contributed by atoms with Gasteiger partial charge in [0.2, 0.25) is 0 Å². The molecule has 2 rings (SSSR count). The van der Waals surface area contributed by atoms with Crippen molar-refractivity contribution in [3.8, 4) is 0 Å². The molecule has 0 bridgehead atoms. The molecule has 0 saturated carbocycles. The maximum absolute atomic E-state index is 5.96. The van der Waals surface area contributed by atoms with Crippen molar-refractivity contribution in [1.82, 2.24) is 4.98 Å². The maximum atomic E-state index is 5.96. The maximum Gasteiger partial charge on any atom is 0.133 e. The fourth-order valence-corrected chi connectivity index (χ4v) is 2.25. The van der Waals surface area contributed by atoms with E-state index in [0.717, 1.165) is 17.9 Å². The lowest BCUT2D eigenvalue weighted by molar-refractivity contribution is 0.712. The van der Waals surface area contributed by atoms with E-state index in [1.54, 1.807) is 0 Å². The lowest BCUT2D eigenvalue weighted by Gasteiger charge is -2.26. The molecule has 0 aromatic carbocycles. The fraction of sp³-hybridized carbons (Fsp3) is 0.583.